The largest absolute Gasteiger partial charge is 0.383 e. The molecule has 23 heavy (non-hydrogen) atoms. The minimum absolute atomic E-state index is 0. The molecule has 0 atom stereocenters. The smallest absolute Gasteiger partial charge is 0.235 e. The topological polar surface area (TPSA) is 84.5 Å². The van der Waals surface area contributed by atoms with Gasteiger partial charge in [0.25, 0.3) is 0 Å². The van der Waals surface area contributed by atoms with Gasteiger partial charge >= 0.3 is 0 Å². The minimum atomic E-state index is -3.47. The molecule has 1 amide bonds. The summed E-state index contributed by atoms with van der Waals surface area (Å²) in [5.41, 5.74) is 0.664. The predicted molar refractivity (Wildman–Crippen MR) is 96.6 cm³/mol. The molecular formula is C14H22BrClN2O4S. The molecule has 0 saturated carbocycles. The Kier molecular flexibility index (Phi) is 11.5. The lowest BCUT2D eigenvalue weighted by Gasteiger charge is -2.07. The first-order valence-electron chi connectivity index (χ1n) is 6.84. The van der Waals surface area contributed by atoms with Crippen LogP contribution in [0.15, 0.2) is 28.7 Å². The van der Waals surface area contributed by atoms with E-state index in [9.17, 15) is 13.2 Å². The molecule has 6 nitrogen and oxygen atoms in total. The van der Waals surface area contributed by atoms with E-state index in [0.717, 1.165) is 4.47 Å². The summed E-state index contributed by atoms with van der Waals surface area (Å²) in [6.07, 6.45) is 0. The van der Waals surface area contributed by atoms with E-state index in [4.69, 9.17) is 4.74 Å². The van der Waals surface area contributed by atoms with Gasteiger partial charge in [-0.05, 0) is 17.7 Å². The number of sulfone groups is 1. The van der Waals surface area contributed by atoms with Crippen LogP contribution in [0.1, 0.15) is 5.56 Å². The van der Waals surface area contributed by atoms with Crippen molar-refractivity contribution < 1.29 is 17.9 Å². The Morgan fingerprint density at radius 3 is 2.43 bits per heavy atom. The molecule has 0 radical (unpaired) electrons. The summed E-state index contributed by atoms with van der Waals surface area (Å²) >= 11 is 3.29. The fourth-order valence-electron chi connectivity index (χ4n) is 1.73. The van der Waals surface area contributed by atoms with Crippen molar-refractivity contribution >= 4 is 44.1 Å². The molecule has 0 saturated heterocycles. The lowest BCUT2D eigenvalue weighted by Crippen LogP contribution is -2.36. The summed E-state index contributed by atoms with van der Waals surface area (Å²) in [7, 11) is -1.85. The molecular weight excluding hydrogens is 408 g/mol. The molecule has 132 valence electrons. The van der Waals surface area contributed by atoms with E-state index in [0.29, 0.717) is 31.8 Å². The van der Waals surface area contributed by atoms with Gasteiger partial charge in [0.05, 0.1) is 12.4 Å². The zero-order valence-corrected chi connectivity index (χ0v) is 16.1. The van der Waals surface area contributed by atoms with Crippen LogP contribution in [-0.4, -0.2) is 53.4 Å². The van der Waals surface area contributed by atoms with E-state index in [-0.39, 0.29) is 18.2 Å². The first kappa shape index (κ1) is 22.3. The summed E-state index contributed by atoms with van der Waals surface area (Å²) in [6, 6.07) is 6.99. The van der Waals surface area contributed by atoms with E-state index < -0.39 is 21.5 Å². The number of carbonyl (C=O) groups is 1. The van der Waals surface area contributed by atoms with Gasteiger partial charge in [-0.25, -0.2) is 8.42 Å². The molecule has 0 bridgehead atoms. The zero-order chi connectivity index (χ0) is 16.4. The normalized spacial score (nSPS) is 10.9. The fraction of sp³-hybridized carbons (Fsp3) is 0.500. The van der Waals surface area contributed by atoms with Gasteiger partial charge in [-0.2, -0.15) is 0 Å². The van der Waals surface area contributed by atoms with Crippen LogP contribution in [0.5, 0.6) is 0 Å². The quantitative estimate of drug-likeness (QED) is 0.545. The third kappa shape index (κ3) is 10.7. The number of hydrogen-bond acceptors (Lipinski definition) is 5. The Morgan fingerprint density at radius 2 is 1.83 bits per heavy atom. The molecule has 0 aliphatic rings. The summed E-state index contributed by atoms with van der Waals surface area (Å²) < 4.78 is 29.7. The molecule has 0 aromatic heterocycles. The van der Waals surface area contributed by atoms with Crippen LogP contribution < -0.4 is 10.6 Å². The maximum Gasteiger partial charge on any atom is 0.235 e. The number of hydrogen-bond donors (Lipinski definition) is 2. The van der Waals surface area contributed by atoms with Crippen LogP contribution >= 0.6 is 28.3 Å². The summed E-state index contributed by atoms with van der Waals surface area (Å²) in [6.45, 7) is 2.24. The summed E-state index contributed by atoms with van der Waals surface area (Å²) in [5.74, 6) is -1.12. The molecule has 0 spiro atoms. The van der Waals surface area contributed by atoms with Gasteiger partial charge < -0.3 is 15.4 Å². The number of benzene rings is 1. The molecule has 1 rings (SSSR count). The SMILES string of the molecule is COCCNCCNC(=O)CS(=O)(=O)Cc1ccc(Br)cc1.Cl. The number of halogens is 2. The van der Waals surface area contributed by atoms with Crippen molar-refractivity contribution in [2.75, 3.05) is 39.1 Å². The average molecular weight is 430 g/mol. The summed E-state index contributed by atoms with van der Waals surface area (Å²) in [5, 5.41) is 5.64. The number of nitrogens with one attached hydrogen (secondary N) is 2. The first-order valence-corrected chi connectivity index (χ1v) is 9.45. The molecule has 9 heteroatoms. The van der Waals surface area contributed by atoms with Crippen molar-refractivity contribution in [3.8, 4) is 0 Å². The second-order valence-corrected chi connectivity index (χ2v) is 7.73. The third-order valence-electron chi connectivity index (χ3n) is 2.76. The van der Waals surface area contributed by atoms with Gasteiger partial charge in [0.15, 0.2) is 9.84 Å². The maximum atomic E-state index is 12.0. The molecule has 1 aromatic carbocycles. The number of ether oxygens (including phenoxy) is 1. The highest BCUT2D eigenvalue weighted by Gasteiger charge is 2.17. The first-order chi connectivity index (χ1) is 10.4. The van der Waals surface area contributed by atoms with Crippen molar-refractivity contribution in [1.82, 2.24) is 10.6 Å². The van der Waals surface area contributed by atoms with E-state index >= 15 is 0 Å². The van der Waals surface area contributed by atoms with Crippen LogP contribution in [0.4, 0.5) is 0 Å². The number of carbonyl (C=O) groups excluding carboxylic acids is 1. The highest BCUT2D eigenvalue weighted by atomic mass is 79.9. The van der Waals surface area contributed by atoms with Crippen molar-refractivity contribution in [2.24, 2.45) is 0 Å². The molecule has 1 aromatic rings. The van der Waals surface area contributed by atoms with E-state index in [1.165, 1.54) is 0 Å². The van der Waals surface area contributed by atoms with Crippen LogP contribution in [0.2, 0.25) is 0 Å². The van der Waals surface area contributed by atoms with Gasteiger partial charge in [0.2, 0.25) is 5.91 Å². The standard InChI is InChI=1S/C14H21BrN2O4S.ClH/c1-21-9-8-16-6-7-17-14(18)11-22(19,20)10-12-2-4-13(15)5-3-12;/h2-5,16H,6-11H2,1H3,(H,17,18);1H. The monoisotopic (exact) mass is 428 g/mol. The summed E-state index contributed by atoms with van der Waals surface area (Å²) in [4.78, 5) is 11.6. The molecule has 0 heterocycles. The lowest BCUT2D eigenvalue weighted by atomic mass is 10.2. The number of methoxy groups -OCH3 is 1. The van der Waals surface area contributed by atoms with Gasteiger partial charge in [0, 0.05) is 31.2 Å². The molecule has 0 aliphatic heterocycles. The zero-order valence-electron chi connectivity index (χ0n) is 12.9. The van der Waals surface area contributed by atoms with E-state index in [1.807, 2.05) is 0 Å². The Balaban J connectivity index is 0.00000484. The molecule has 0 aliphatic carbocycles. The van der Waals surface area contributed by atoms with Gasteiger partial charge in [0.1, 0.15) is 5.75 Å². The van der Waals surface area contributed by atoms with E-state index in [1.54, 1.807) is 31.4 Å². The average Bonchev–Trinajstić information content (AvgIpc) is 2.44. The van der Waals surface area contributed by atoms with Gasteiger partial charge in [-0.3, -0.25) is 4.79 Å². The van der Waals surface area contributed by atoms with Gasteiger partial charge in [-0.15, -0.1) is 12.4 Å². The molecule has 2 N–H and O–H groups in total. The second kappa shape index (κ2) is 11.8. The fourth-order valence-corrected chi connectivity index (χ4v) is 3.29. The van der Waals surface area contributed by atoms with Crippen LogP contribution in [0.3, 0.4) is 0 Å². The highest BCUT2D eigenvalue weighted by molar-refractivity contribution is 9.10. The van der Waals surface area contributed by atoms with Crippen molar-refractivity contribution in [1.29, 1.82) is 0 Å². The Bertz CT molecular complexity index is 567. The van der Waals surface area contributed by atoms with Gasteiger partial charge in [-0.1, -0.05) is 28.1 Å². The molecule has 0 fully saturated rings. The number of amides is 1. The Hall–Kier alpha value is -0.670. The number of rotatable bonds is 10. The minimum Gasteiger partial charge on any atom is -0.383 e. The van der Waals surface area contributed by atoms with E-state index in [2.05, 4.69) is 26.6 Å². The maximum absolute atomic E-state index is 12.0. The third-order valence-corrected chi connectivity index (χ3v) is 4.76. The Labute approximate surface area is 151 Å². The van der Waals surface area contributed by atoms with Crippen LogP contribution in [0, 0.1) is 0 Å². The van der Waals surface area contributed by atoms with Crippen molar-refractivity contribution in [2.45, 2.75) is 5.75 Å². The molecule has 0 unspecified atom stereocenters. The lowest BCUT2D eigenvalue weighted by molar-refractivity contribution is -0.118. The van der Waals surface area contributed by atoms with Crippen molar-refractivity contribution in [3.05, 3.63) is 34.3 Å². The Morgan fingerprint density at radius 1 is 1.17 bits per heavy atom. The van der Waals surface area contributed by atoms with Crippen LogP contribution in [-0.2, 0) is 25.1 Å². The second-order valence-electron chi connectivity index (χ2n) is 4.75. The highest BCUT2D eigenvalue weighted by Crippen LogP contribution is 2.13. The predicted octanol–water partition coefficient (Wildman–Crippen LogP) is 1.14. The van der Waals surface area contributed by atoms with Crippen molar-refractivity contribution in [3.63, 3.8) is 0 Å². The van der Waals surface area contributed by atoms with Crippen LogP contribution in [0.25, 0.3) is 0 Å².